The fraction of sp³-hybridized carbons (Fsp3) is 0.714. The molecule has 0 spiro atoms. The molecule has 1 aliphatic heterocycles. The Morgan fingerprint density at radius 2 is 2.33 bits per heavy atom. The third-order valence-electron chi connectivity index (χ3n) is 1.12. The average molecular weight is 128 g/mol. The summed E-state index contributed by atoms with van der Waals surface area (Å²) in [6.45, 7) is 5.71. The zero-order chi connectivity index (χ0) is 7.11. The summed E-state index contributed by atoms with van der Waals surface area (Å²) in [6, 6.07) is 0.444. The first-order valence-electron chi connectivity index (χ1n) is 3.53. The standard InChI is InChI=1S/C5H10N2.C2H6/c6-4-5-2-1-3-7-5;1-2/h1-2,5,7H,3-4,6H2;1-2H3/t5-;/m0./s1. The molecule has 0 aliphatic carbocycles. The summed E-state index contributed by atoms with van der Waals surface area (Å²) in [5.74, 6) is 0. The minimum atomic E-state index is 0.444. The first-order chi connectivity index (χ1) is 4.43. The Labute approximate surface area is 57.1 Å². The quantitative estimate of drug-likeness (QED) is 0.505. The summed E-state index contributed by atoms with van der Waals surface area (Å²) < 4.78 is 0. The summed E-state index contributed by atoms with van der Waals surface area (Å²) in [6.07, 6.45) is 4.19. The minimum Gasteiger partial charge on any atom is -0.329 e. The van der Waals surface area contributed by atoms with Crippen molar-refractivity contribution >= 4 is 0 Å². The number of hydrogen-bond acceptors (Lipinski definition) is 2. The predicted octanol–water partition coefficient (Wildman–Crippen LogP) is 0.499. The third kappa shape index (κ3) is 3.27. The third-order valence-corrected chi connectivity index (χ3v) is 1.12. The van der Waals surface area contributed by atoms with Crippen molar-refractivity contribution in [1.29, 1.82) is 0 Å². The van der Waals surface area contributed by atoms with Crippen LogP contribution in [0.3, 0.4) is 0 Å². The fourth-order valence-electron chi connectivity index (χ4n) is 0.682. The highest BCUT2D eigenvalue weighted by atomic mass is 14.9. The zero-order valence-electron chi connectivity index (χ0n) is 6.22. The second-order valence-corrected chi connectivity index (χ2v) is 1.68. The van der Waals surface area contributed by atoms with Crippen LogP contribution in [-0.4, -0.2) is 19.1 Å². The number of nitrogens with one attached hydrogen (secondary N) is 1. The van der Waals surface area contributed by atoms with Gasteiger partial charge in [-0.25, -0.2) is 0 Å². The summed E-state index contributed by atoms with van der Waals surface area (Å²) in [7, 11) is 0. The van der Waals surface area contributed by atoms with E-state index >= 15 is 0 Å². The van der Waals surface area contributed by atoms with Crippen LogP contribution in [-0.2, 0) is 0 Å². The lowest BCUT2D eigenvalue weighted by Crippen LogP contribution is -2.29. The van der Waals surface area contributed by atoms with Crippen molar-refractivity contribution in [1.82, 2.24) is 5.32 Å². The van der Waals surface area contributed by atoms with E-state index in [-0.39, 0.29) is 0 Å². The van der Waals surface area contributed by atoms with Crippen molar-refractivity contribution in [2.24, 2.45) is 5.73 Å². The predicted molar refractivity (Wildman–Crippen MR) is 41.3 cm³/mol. The van der Waals surface area contributed by atoms with E-state index in [1.807, 2.05) is 13.8 Å². The molecule has 0 saturated heterocycles. The second kappa shape index (κ2) is 5.79. The van der Waals surface area contributed by atoms with Gasteiger partial charge in [-0.05, 0) is 0 Å². The van der Waals surface area contributed by atoms with Crippen LogP contribution in [0.25, 0.3) is 0 Å². The SMILES string of the molecule is CC.NC[C@@H]1C=CCN1. The first-order valence-corrected chi connectivity index (χ1v) is 3.53. The van der Waals surface area contributed by atoms with E-state index in [0.717, 1.165) is 13.1 Å². The van der Waals surface area contributed by atoms with Gasteiger partial charge in [0.25, 0.3) is 0 Å². The highest BCUT2D eigenvalue weighted by molar-refractivity contribution is 5.02. The maximum Gasteiger partial charge on any atom is 0.0376 e. The van der Waals surface area contributed by atoms with Gasteiger partial charge in [-0.3, -0.25) is 0 Å². The smallest absolute Gasteiger partial charge is 0.0376 e. The van der Waals surface area contributed by atoms with Crippen molar-refractivity contribution in [2.75, 3.05) is 13.1 Å². The molecule has 0 amide bonds. The highest BCUT2D eigenvalue weighted by Gasteiger charge is 2.02. The van der Waals surface area contributed by atoms with Crippen LogP contribution in [0.4, 0.5) is 0 Å². The summed E-state index contributed by atoms with van der Waals surface area (Å²) in [4.78, 5) is 0. The van der Waals surface area contributed by atoms with Gasteiger partial charge in [-0.2, -0.15) is 0 Å². The van der Waals surface area contributed by atoms with Gasteiger partial charge in [0.1, 0.15) is 0 Å². The van der Waals surface area contributed by atoms with Crippen LogP contribution >= 0.6 is 0 Å². The molecule has 0 fully saturated rings. The monoisotopic (exact) mass is 128 g/mol. The summed E-state index contributed by atoms with van der Waals surface area (Å²) in [5, 5.41) is 3.17. The van der Waals surface area contributed by atoms with Gasteiger partial charge in [0.2, 0.25) is 0 Å². The molecule has 1 aliphatic rings. The largest absolute Gasteiger partial charge is 0.329 e. The molecule has 1 rings (SSSR count). The van der Waals surface area contributed by atoms with E-state index in [1.54, 1.807) is 0 Å². The molecule has 0 aromatic carbocycles. The lowest BCUT2D eigenvalue weighted by atomic mass is 10.3. The fourth-order valence-corrected chi connectivity index (χ4v) is 0.682. The normalized spacial score (nSPS) is 23.2. The molecule has 54 valence electrons. The van der Waals surface area contributed by atoms with Gasteiger partial charge < -0.3 is 11.1 Å². The van der Waals surface area contributed by atoms with Gasteiger partial charge in [0.05, 0.1) is 0 Å². The van der Waals surface area contributed by atoms with Gasteiger partial charge in [0, 0.05) is 19.1 Å². The Morgan fingerprint density at radius 3 is 2.56 bits per heavy atom. The lowest BCUT2D eigenvalue weighted by Gasteiger charge is -2.01. The minimum absolute atomic E-state index is 0.444. The average Bonchev–Trinajstić information content (AvgIpc) is 2.43. The van der Waals surface area contributed by atoms with Gasteiger partial charge in [0.15, 0.2) is 0 Å². The van der Waals surface area contributed by atoms with Crippen molar-refractivity contribution < 1.29 is 0 Å². The molecule has 1 atom stereocenters. The van der Waals surface area contributed by atoms with E-state index in [0.29, 0.717) is 6.04 Å². The highest BCUT2D eigenvalue weighted by Crippen LogP contribution is 1.89. The van der Waals surface area contributed by atoms with Gasteiger partial charge in [-0.1, -0.05) is 26.0 Å². The lowest BCUT2D eigenvalue weighted by molar-refractivity contribution is 0.677. The Balaban J connectivity index is 0.000000291. The molecule has 2 heteroatoms. The molecule has 0 unspecified atom stereocenters. The van der Waals surface area contributed by atoms with E-state index in [2.05, 4.69) is 17.5 Å². The molecule has 0 aromatic heterocycles. The Morgan fingerprint density at radius 1 is 1.67 bits per heavy atom. The molecule has 3 N–H and O–H groups in total. The molecule has 9 heavy (non-hydrogen) atoms. The van der Waals surface area contributed by atoms with E-state index < -0.39 is 0 Å². The van der Waals surface area contributed by atoms with Crippen LogP contribution in [0, 0.1) is 0 Å². The van der Waals surface area contributed by atoms with Crippen molar-refractivity contribution in [3.63, 3.8) is 0 Å². The molecule has 0 aromatic rings. The van der Waals surface area contributed by atoms with Crippen LogP contribution in [0.2, 0.25) is 0 Å². The van der Waals surface area contributed by atoms with Crippen molar-refractivity contribution in [2.45, 2.75) is 19.9 Å². The van der Waals surface area contributed by atoms with E-state index in [4.69, 9.17) is 5.73 Å². The van der Waals surface area contributed by atoms with Crippen LogP contribution in [0.15, 0.2) is 12.2 Å². The Bertz CT molecular complexity index is 79.0. The first kappa shape index (κ1) is 8.66. The molecular weight excluding hydrogens is 112 g/mol. The Kier molecular flexibility index (Phi) is 5.57. The maximum absolute atomic E-state index is 5.32. The van der Waals surface area contributed by atoms with Gasteiger partial charge in [-0.15, -0.1) is 0 Å². The number of hydrogen-bond donors (Lipinski definition) is 2. The molecule has 0 radical (unpaired) electrons. The molecule has 1 heterocycles. The maximum atomic E-state index is 5.32. The second-order valence-electron chi connectivity index (χ2n) is 1.68. The summed E-state index contributed by atoms with van der Waals surface area (Å²) >= 11 is 0. The van der Waals surface area contributed by atoms with Crippen LogP contribution < -0.4 is 11.1 Å². The van der Waals surface area contributed by atoms with E-state index in [1.165, 1.54) is 0 Å². The van der Waals surface area contributed by atoms with Crippen molar-refractivity contribution in [3.8, 4) is 0 Å². The molecule has 0 saturated carbocycles. The topological polar surface area (TPSA) is 38.0 Å². The van der Waals surface area contributed by atoms with Crippen molar-refractivity contribution in [3.05, 3.63) is 12.2 Å². The number of rotatable bonds is 1. The molecule has 0 bridgehead atoms. The van der Waals surface area contributed by atoms with Crippen LogP contribution in [0.1, 0.15) is 13.8 Å². The number of nitrogens with two attached hydrogens (primary N) is 1. The van der Waals surface area contributed by atoms with E-state index in [9.17, 15) is 0 Å². The Hall–Kier alpha value is -0.340. The molecule has 2 nitrogen and oxygen atoms in total. The molecular formula is C7H16N2. The van der Waals surface area contributed by atoms with Crippen LogP contribution in [0.5, 0.6) is 0 Å². The summed E-state index contributed by atoms with van der Waals surface area (Å²) in [5.41, 5.74) is 5.32. The van der Waals surface area contributed by atoms with Gasteiger partial charge >= 0.3 is 0 Å². The zero-order valence-corrected chi connectivity index (χ0v) is 6.22.